The first-order valence-electron chi connectivity index (χ1n) is 12.9. The third-order valence-corrected chi connectivity index (χ3v) is 7.84. The lowest BCUT2D eigenvalue weighted by Crippen LogP contribution is -2.51. The number of benzene rings is 3. The minimum Gasteiger partial charge on any atom is -0.475 e. The predicted molar refractivity (Wildman–Crippen MR) is 154 cm³/mol. The Morgan fingerprint density at radius 1 is 0.929 bits per heavy atom. The summed E-state index contributed by atoms with van der Waals surface area (Å²) in [7, 11) is -3.37. The lowest BCUT2D eigenvalue weighted by Gasteiger charge is -2.37. The Kier molecular flexibility index (Phi) is 9.99. The number of aliphatic carboxylic acids is 1. The zero-order chi connectivity index (χ0) is 31.1. The van der Waals surface area contributed by atoms with Crippen LogP contribution in [0.5, 0.6) is 0 Å². The number of carbonyl (C=O) groups excluding carboxylic acids is 1. The molecule has 13 heteroatoms. The van der Waals surface area contributed by atoms with E-state index in [2.05, 4.69) is 10.6 Å². The third kappa shape index (κ3) is 8.32. The van der Waals surface area contributed by atoms with Crippen molar-refractivity contribution in [3.05, 3.63) is 78.4 Å². The van der Waals surface area contributed by atoms with E-state index >= 15 is 0 Å². The number of rotatable bonds is 7. The number of amides is 1. The fourth-order valence-corrected chi connectivity index (χ4v) is 5.53. The van der Waals surface area contributed by atoms with E-state index in [1.165, 1.54) is 6.26 Å². The molecule has 1 saturated carbocycles. The van der Waals surface area contributed by atoms with Gasteiger partial charge >= 0.3 is 12.1 Å². The number of hydrogen-bond acceptors (Lipinski definition) is 6. The normalized spacial score (nSPS) is 14.6. The molecule has 3 aromatic rings. The topological polar surface area (TPSA) is 162 Å². The van der Waals surface area contributed by atoms with Gasteiger partial charge in [0.25, 0.3) is 0 Å². The smallest absolute Gasteiger partial charge is 0.475 e. The third-order valence-electron chi connectivity index (χ3n) is 6.68. The second kappa shape index (κ2) is 13.1. The summed E-state index contributed by atoms with van der Waals surface area (Å²) >= 11 is 0. The Hall–Kier alpha value is -4.39. The molecule has 0 spiro atoms. The largest absolute Gasteiger partial charge is 0.490 e. The van der Waals surface area contributed by atoms with Gasteiger partial charge in [-0.15, -0.1) is 0 Å². The molecular formula is C29H31F3N4O5S. The Morgan fingerprint density at radius 3 is 2.07 bits per heavy atom. The van der Waals surface area contributed by atoms with E-state index in [4.69, 9.17) is 21.0 Å². The van der Waals surface area contributed by atoms with Gasteiger partial charge in [-0.2, -0.15) is 13.2 Å². The SMILES string of the molecule is CS(=O)(=O)c1ccccc1-c1ccc(NC(=O)C2(Nc3cccc(C(=N)N)c3)CCCCC2)cc1.O=C(O)C(F)(F)F. The maximum Gasteiger partial charge on any atom is 0.490 e. The van der Waals surface area contributed by atoms with Crippen LogP contribution in [0.1, 0.15) is 37.7 Å². The standard InChI is InChI=1S/C27H30N4O3S.C2HF3O2/c1-35(33,34)24-11-4-3-10-23(24)19-12-14-21(15-13-19)30-26(32)27(16-5-2-6-17-27)31-22-9-7-8-20(18-22)25(28)29;3-2(4,5)1(6)7/h3-4,7-15,18,31H,2,5-6,16-17H2,1H3,(H3,28,29)(H,30,32);(H,6,7). The van der Waals surface area contributed by atoms with E-state index in [-0.39, 0.29) is 16.6 Å². The molecule has 0 saturated heterocycles. The van der Waals surface area contributed by atoms with Crippen LogP contribution in [0.15, 0.2) is 77.7 Å². The molecule has 3 aromatic carbocycles. The second-order valence-corrected chi connectivity index (χ2v) is 11.8. The first-order chi connectivity index (χ1) is 19.6. The fraction of sp³-hybridized carbons (Fsp3) is 0.276. The molecule has 4 rings (SSSR count). The highest BCUT2D eigenvalue weighted by molar-refractivity contribution is 7.90. The van der Waals surface area contributed by atoms with Gasteiger partial charge in [0.15, 0.2) is 9.84 Å². The van der Waals surface area contributed by atoms with Crippen LogP contribution >= 0.6 is 0 Å². The Labute approximate surface area is 241 Å². The highest BCUT2D eigenvalue weighted by Gasteiger charge is 2.40. The van der Waals surface area contributed by atoms with Crippen LogP contribution in [0, 0.1) is 5.41 Å². The lowest BCUT2D eigenvalue weighted by atomic mass is 9.80. The second-order valence-electron chi connectivity index (χ2n) is 9.86. The number of halogens is 3. The van der Waals surface area contributed by atoms with Crippen molar-refractivity contribution in [1.82, 2.24) is 0 Å². The summed E-state index contributed by atoms with van der Waals surface area (Å²) in [6.45, 7) is 0. The zero-order valence-corrected chi connectivity index (χ0v) is 23.5. The van der Waals surface area contributed by atoms with Crippen LogP contribution in [0.25, 0.3) is 11.1 Å². The Balaban J connectivity index is 0.000000616. The Morgan fingerprint density at radius 2 is 1.52 bits per heavy atom. The minimum absolute atomic E-state index is 0.0201. The molecule has 0 aromatic heterocycles. The van der Waals surface area contributed by atoms with Crippen molar-refractivity contribution in [1.29, 1.82) is 5.41 Å². The molecule has 0 atom stereocenters. The van der Waals surface area contributed by atoms with Gasteiger partial charge < -0.3 is 21.5 Å². The summed E-state index contributed by atoms with van der Waals surface area (Å²) in [5.41, 5.74) is 8.25. The molecule has 1 amide bonds. The number of nitrogens with two attached hydrogens (primary N) is 1. The monoisotopic (exact) mass is 604 g/mol. The minimum atomic E-state index is -5.08. The number of nitrogens with one attached hydrogen (secondary N) is 3. The van der Waals surface area contributed by atoms with E-state index in [0.717, 1.165) is 30.5 Å². The van der Waals surface area contributed by atoms with Crippen LogP contribution < -0.4 is 16.4 Å². The number of anilines is 2. The van der Waals surface area contributed by atoms with E-state index in [0.29, 0.717) is 29.7 Å². The average molecular weight is 605 g/mol. The highest BCUT2D eigenvalue weighted by atomic mass is 32.2. The van der Waals surface area contributed by atoms with Crippen molar-refractivity contribution >= 4 is 38.9 Å². The van der Waals surface area contributed by atoms with Crippen molar-refractivity contribution in [2.45, 2.75) is 48.7 Å². The van der Waals surface area contributed by atoms with Crippen molar-refractivity contribution in [2.75, 3.05) is 16.9 Å². The maximum absolute atomic E-state index is 13.5. The van der Waals surface area contributed by atoms with Crippen LogP contribution in [0.3, 0.4) is 0 Å². The summed E-state index contributed by atoms with van der Waals surface area (Å²) < 4.78 is 56.1. The number of hydrogen-bond donors (Lipinski definition) is 5. The molecule has 6 N–H and O–H groups in total. The molecule has 1 fully saturated rings. The van der Waals surface area contributed by atoms with Gasteiger partial charge in [-0.05, 0) is 48.7 Å². The first kappa shape index (κ1) is 32.1. The fourth-order valence-electron chi connectivity index (χ4n) is 4.62. The van der Waals surface area contributed by atoms with Gasteiger partial charge in [0.1, 0.15) is 11.4 Å². The predicted octanol–water partition coefficient (Wildman–Crippen LogP) is 5.43. The summed E-state index contributed by atoms with van der Waals surface area (Å²) in [6, 6.07) is 21.4. The van der Waals surface area contributed by atoms with Gasteiger partial charge in [-0.3, -0.25) is 10.2 Å². The van der Waals surface area contributed by atoms with Gasteiger partial charge in [0, 0.05) is 28.8 Å². The molecule has 224 valence electrons. The van der Waals surface area contributed by atoms with Crippen LogP contribution in [-0.2, 0) is 19.4 Å². The molecule has 0 heterocycles. The summed E-state index contributed by atoms with van der Waals surface area (Å²) in [5, 5.41) is 21.3. The van der Waals surface area contributed by atoms with Gasteiger partial charge in [-0.25, -0.2) is 13.2 Å². The number of amidine groups is 1. The van der Waals surface area contributed by atoms with Crippen LogP contribution in [0.2, 0.25) is 0 Å². The summed E-state index contributed by atoms with van der Waals surface area (Å²) in [5.74, 6) is -2.89. The van der Waals surface area contributed by atoms with Crippen LogP contribution in [-0.4, -0.2) is 49.2 Å². The highest BCUT2D eigenvalue weighted by Crippen LogP contribution is 2.34. The molecule has 0 unspecified atom stereocenters. The van der Waals surface area contributed by atoms with Gasteiger partial charge in [0.05, 0.1) is 4.90 Å². The number of sulfone groups is 1. The number of nitrogen functional groups attached to an aromatic ring is 1. The maximum atomic E-state index is 13.5. The quantitative estimate of drug-likeness (QED) is 0.177. The number of carboxylic acid groups (broad SMARTS) is 1. The first-order valence-corrected chi connectivity index (χ1v) is 14.8. The molecule has 0 radical (unpaired) electrons. The van der Waals surface area contributed by atoms with Crippen molar-refractivity contribution < 1.29 is 36.3 Å². The number of alkyl halides is 3. The van der Waals surface area contributed by atoms with Crippen molar-refractivity contribution in [3.8, 4) is 11.1 Å². The Bertz CT molecular complexity index is 1550. The molecule has 1 aliphatic rings. The van der Waals surface area contributed by atoms with E-state index in [1.807, 2.05) is 24.3 Å². The van der Waals surface area contributed by atoms with E-state index in [1.54, 1.807) is 48.5 Å². The van der Waals surface area contributed by atoms with Crippen molar-refractivity contribution in [3.63, 3.8) is 0 Å². The molecule has 9 nitrogen and oxygen atoms in total. The molecular weight excluding hydrogens is 573 g/mol. The average Bonchev–Trinajstić information content (AvgIpc) is 2.93. The van der Waals surface area contributed by atoms with Gasteiger partial charge in [0.2, 0.25) is 5.91 Å². The van der Waals surface area contributed by atoms with E-state index < -0.39 is 27.5 Å². The molecule has 0 aliphatic heterocycles. The van der Waals surface area contributed by atoms with Crippen LogP contribution in [0.4, 0.5) is 24.5 Å². The number of carboxylic acids is 1. The van der Waals surface area contributed by atoms with Crippen molar-refractivity contribution in [2.24, 2.45) is 5.73 Å². The van der Waals surface area contributed by atoms with E-state index in [9.17, 15) is 26.4 Å². The zero-order valence-electron chi connectivity index (χ0n) is 22.7. The molecule has 42 heavy (non-hydrogen) atoms. The number of carbonyl (C=O) groups is 2. The molecule has 1 aliphatic carbocycles. The van der Waals surface area contributed by atoms with Gasteiger partial charge in [-0.1, -0.05) is 61.7 Å². The summed E-state index contributed by atoms with van der Waals surface area (Å²) in [6.07, 6.45) is 0.468. The summed E-state index contributed by atoms with van der Waals surface area (Å²) in [4.78, 5) is 22.7. The lowest BCUT2D eigenvalue weighted by molar-refractivity contribution is -0.192. The molecule has 0 bridgehead atoms.